The summed E-state index contributed by atoms with van der Waals surface area (Å²) in [5, 5.41) is 3.59. The highest BCUT2D eigenvalue weighted by atomic mass is 35.5. The summed E-state index contributed by atoms with van der Waals surface area (Å²) >= 11 is 6.04. The van der Waals surface area contributed by atoms with E-state index < -0.39 is 0 Å². The Balaban J connectivity index is 1.45. The molecule has 128 valence electrons. The van der Waals surface area contributed by atoms with Crippen LogP contribution in [-0.4, -0.2) is 43.7 Å². The fraction of sp³-hybridized carbons (Fsp3) is 0.250. The zero-order valence-electron chi connectivity index (χ0n) is 13.9. The van der Waals surface area contributed by atoms with Gasteiger partial charge in [-0.15, -0.1) is 0 Å². The van der Waals surface area contributed by atoms with E-state index in [-0.39, 0.29) is 6.03 Å². The van der Waals surface area contributed by atoms with Crippen molar-refractivity contribution >= 4 is 23.3 Å². The highest BCUT2D eigenvalue weighted by molar-refractivity contribution is 6.30. The second-order valence-electron chi connectivity index (χ2n) is 5.78. The number of rotatable bonds is 2. The molecule has 1 aliphatic rings. The van der Waals surface area contributed by atoms with Crippen LogP contribution in [0.5, 0.6) is 0 Å². The van der Waals surface area contributed by atoms with Gasteiger partial charge in [0.05, 0.1) is 6.54 Å². The number of hydrogen-bond acceptors (Lipinski definition) is 2. The molecule has 2 aromatic rings. The van der Waals surface area contributed by atoms with Gasteiger partial charge in [0.25, 0.3) is 0 Å². The normalized spacial score (nSPS) is 13.8. The van der Waals surface area contributed by atoms with Crippen molar-refractivity contribution in [1.29, 1.82) is 0 Å². The van der Waals surface area contributed by atoms with Gasteiger partial charge in [0.1, 0.15) is 0 Å². The number of carbonyl (C=O) groups is 1. The van der Waals surface area contributed by atoms with Gasteiger partial charge in [-0.2, -0.15) is 0 Å². The maximum atomic E-state index is 12.2. The summed E-state index contributed by atoms with van der Waals surface area (Å²) in [7, 11) is 0. The third kappa shape index (κ3) is 4.91. The summed E-state index contributed by atoms with van der Waals surface area (Å²) in [4.78, 5) is 16.3. The molecule has 0 aromatic heterocycles. The second kappa shape index (κ2) is 8.46. The third-order valence-electron chi connectivity index (χ3n) is 4.07. The predicted molar refractivity (Wildman–Crippen MR) is 102 cm³/mol. The molecule has 0 bridgehead atoms. The molecule has 1 aliphatic heterocycles. The number of urea groups is 1. The first-order valence-electron chi connectivity index (χ1n) is 8.29. The van der Waals surface area contributed by atoms with Crippen LogP contribution in [0.1, 0.15) is 5.56 Å². The van der Waals surface area contributed by atoms with Crippen molar-refractivity contribution in [3.05, 3.63) is 65.2 Å². The Morgan fingerprint density at radius 2 is 1.80 bits per heavy atom. The minimum absolute atomic E-state index is 0.0619. The lowest BCUT2D eigenvalue weighted by Gasteiger charge is -2.36. The lowest BCUT2D eigenvalue weighted by atomic mass is 10.2. The quantitative estimate of drug-likeness (QED) is 0.841. The van der Waals surface area contributed by atoms with Crippen molar-refractivity contribution in [1.82, 2.24) is 10.2 Å². The monoisotopic (exact) mass is 353 g/mol. The first-order valence-corrected chi connectivity index (χ1v) is 8.67. The number of benzene rings is 2. The molecule has 5 heteroatoms. The van der Waals surface area contributed by atoms with E-state index in [2.05, 4.69) is 22.1 Å². The molecule has 0 aliphatic carbocycles. The molecule has 4 nitrogen and oxygen atoms in total. The average molecular weight is 354 g/mol. The molecule has 2 amide bonds. The minimum atomic E-state index is -0.0619. The maximum absolute atomic E-state index is 12.2. The van der Waals surface area contributed by atoms with Crippen LogP contribution in [0.25, 0.3) is 0 Å². The fourth-order valence-electron chi connectivity index (χ4n) is 2.74. The average Bonchev–Trinajstić information content (AvgIpc) is 2.66. The van der Waals surface area contributed by atoms with Crippen molar-refractivity contribution in [2.75, 3.05) is 37.6 Å². The van der Waals surface area contributed by atoms with Gasteiger partial charge in [0.2, 0.25) is 0 Å². The molecule has 1 fully saturated rings. The Hall–Kier alpha value is -2.64. The third-order valence-corrected chi connectivity index (χ3v) is 4.31. The molecule has 0 atom stereocenters. The predicted octanol–water partition coefficient (Wildman–Crippen LogP) is 3.22. The molecule has 1 N–H and O–H groups in total. The Morgan fingerprint density at radius 1 is 1.04 bits per heavy atom. The van der Waals surface area contributed by atoms with Gasteiger partial charge in [0.15, 0.2) is 0 Å². The summed E-state index contributed by atoms with van der Waals surface area (Å²) in [6, 6.07) is 17.5. The Labute approximate surface area is 153 Å². The van der Waals surface area contributed by atoms with Gasteiger partial charge in [-0.1, -0.05) is 47.7 Å². The maximum Gasteiger partial charge on any atom is 0.318 e. The van der Waals surface area contributed by atoms with Gasteiger partial charge < -0.3 is 15.1 Å². The van der Waals surface area contributed by atoms with Crippen LogP contribution in [0.3, 0.4) is 0 Å². The number of carbonyl (C=O) groups excluding carboxylic acids is 1. The number of nitrogens with zero attached hydrogens (tertiary/aromatic N) is 2. The number of piperazine rings is 1. The number of halogens is 1. The van der Waals surface area contributed by atoms with E-state index in [0.717, 1.165) is 29.4 Å². The van der Waals surface area contributed by atoms with Gasteiger partial charge >= 0.3 is 6.03 Å². The van der Waals surface area contributed by atoms with Crippen molar-refractivity contribution in [3.63, 3.8) is 0 Å². The van der Waals surface area contributed by atoms with E-state index in [1.54, 1.807) is 0 Å². The van der Waals surface area contributed by atoms with Crippen LogP contribution in [0.4, 0.5) is 10.5 Å². The van der Waals surface area contributed by atoms with Crippen molar-refractivity contribution in [3.8, 4) is 11.8 Å². The smallest absolute Gasteiger partial charge is 0.318 e. The molecular weight excluding hydrogens is 334 g/mol. The van der Waals surface area contributed by atoms with E-state index in [1.165, 1.54) is 0 Å². The zero-order chi connectivity index (χ0) is 17.5. The number of nitrogens with one attached hydrogen (secondary N) is 1. The fourth-order valence-corrected chi connectivity index (χ4v) is 2.92. The largest absolute Gasteiger partial charge is 0.368 e. The Kier molecular flexibility index (Phi) is 5.81. The number of hydrogen-bond donors (Lipinski definition) is 1. The van der Waals surface area contributed by atoms with E-state index in [9.17, 15) is 4.79 Å². The van der Waals surface area contributed by atoms with E-state index in [0.29, 0.717) is 19.6 Å². The van der Waals surface area contributed by atoms with Gasteiger partial charge in [-0.25, -0.2) is 4.79 Å². The highest BCUT2D eigenvalue weighted by Crippen LogP contribution is 2.20. The number of amides is 2. The van der Waals surface area contributed by atoms with Crippen molar-refractivity contribution in [2.45, 2.75) is 0 Å². The SMILES string of the molecule is O=C(NCC#Cc1ccccc1)N1CCN(c2cccc(Cl)c2)CC1. The van der Waals surface area contributed by atoms with Gasteiger partial charge in [-0.3, -0.25) is 0 Å². The molecule has 0 unspecified atom stereocenters. The van der Waals surface area contributed by atoms with Crippen molar-refractivity contribution < 1.29 is 4.79 Å². The van der Waals surface area contributed by atoms with Crippen LogP contribution in [-0.2, 0) is 0 Å². The van der Waals surface area contributed by atoms with Crippen LogP contribution in [0.2, 0.25) is 5.02 Å². The zero-order valence-corrected chi connectivity index (χ0v) is 14.7. The Morgan fingerprint density at radius 3 is 2.52 bits per heavy atom. The number of anilines is 1. The standard InChI is InChI=1S/C20H20ClN3O/c21-18-9-4-10-19(16-18)23-12-14-24(15-13-23)20(25)22-11-5-8-17-6-2-1-3-7-17/h1-4,6-7,9-10,16H,11-15H2,(H,22,25). The van der Waals surface area contributed by atoms with Gasteiger partial charge in [-0.05, 0) is 30.3 Å². The molecule has 0 spiro atoms. The van der Waals surface area contributed by atoms with Crippen LogP contribution in [0, 0.1) is 11.8 Å². The lowest BCUT2D eigenvalue weighted by molar-refractivity contribution is 0.195. The van der Waals surface area contributed by atoms with Crippen molar-refractivity contribution in [2.24, 2.45) is 0 Å². The van der Waals surface area contributed by atoms with Crippen LogP contribution < -0.4 is 10.2 Å². The Bertz CT molecular complexity index is 774. The van der Waals surface area contributed by atoms with E-state index >= 15 is 0 Å². The molecular formula is C20H20ClN3O. The summed E-state index contributed by atoms with van der Waals surface area (Å²) < 4.78 is 0. The molecule has 2 aromatic carbocycles. The summed E-state index contributed by atoms with van der Waals surface area (Å²) in [5.41, 5.74) is 2.05. The minimum Gasteiger partial charge on any atom is -0.368 e. The van der Waals surface area contributed by atoms with Crippen LogP contribution >= 0.6 is 11.6 Å². The molecule has 3 rings (SSSR count). The first kappa shape index (κ1) is 17.2. The second-order valence-corrected chi connectivity index (χ2v) is 6.22. The first-order chi connectivity index (χ1) is 12.2. The van der Waals surface area contributed by atoms with Gasteiger partial charge in [0, 0.05) is 42.5 Å². The molecule has 1 saturated heterocycles. The highest BCUT2D eigenvalue weighted by Gasteiger charge is 2.20. The molecule has 1 heterocycles. The topological polar surface area (TPSA) is 35.6 Å². The molecule has 0 saturated carbocycles. The summed E-state index contributed by atoms with van der Waals surface area (Å²) in [6.07, 6.45) is 0. The van der Waals surface area contributed by atoms with Crippen LogP contribution in [0.15, 0.2) is 54.6 Å². The molecule has 25 heavy (non-hydrogen) atoms. The van der Waals surface area contributed by atoms with E-state index in [4.69, 9.17) is 11.6 Å². The summed E-state index contributed by atoms with van der Waals surface area (Å²) in [5.74, 6) is 6.01. The summed E-state index contributed by atoms with van der Waals surface area (Å²) in [6.45, 7) is 3.31. The molecule has 0 radical (unpaired) electrons. The lowest BCUT2D eigenvalue weighted by Crippen LogP contribution is -2.51. The van der Waals surface area contributed by atoms with E-state index in [1.807, 2.05) is 59.5 Å².